The molecule has 0 saturated carbocycles. The number of nitrogens with one attached hydrogen (secondary N) is 2. The number of halogens is 1. The monoisotopic (exact) mass is 334 g/mol. The Morgan fingerprint density at radius 3 is 2.87 bits per heavy atom. The van der Waals surface area contributed by atoms with Crippen LogP contribution in [-0.4, -0.2) is 21.7 Å². The zero-order valence-electron chi connectivity index (χ0n) is 13.5. The van der Waals surface area contributed by atoms with Crippen molar-refractivity contribution in [2.75, 3.05) is 0 Å². The normalized spacial score (nSPS) is 16.3. The van der Waals surface area contributed by atoms with Crippen LogP contribution in [0.4, 0.5) is 0 Å². The fourth-order valence-corrected chi connectivity index (χ4v) is 2.97. The van der Waals surface area contributed by atoms with Crippen molar-refractivity contribution in [1.29, 1.82) is 0 Å². The van der Waals surface area contributed by atoms with Crippen LogP contribution in [0.3, 0.4) is 0 Å². The van der Waals surface area contributed by atoms with Gasteiger partial charge in [-0.15, -0.1) is 12.4 Å². The van der Waals surface area contributed by atoms with E-state index >= 15 is 0 Å². The van der Waals surface area contributed by atoms with Gasteiger partial charge in [-0.25, -0.2) is 0 Å². The minimum Gasteiger partial charge on any atom is -0.351 e. The van der Waals surface area contributed by atoms with Gasteiger partial charge in [0.25, 0.3) is 0 Å². The molecule has 1 amide bonds. The molecule has 1 aliphatic heterocycles. The van der Waals surface area contributed by atoms with Crippen LogP contribution < -0.4 is 10.6 Å². The van der Waals surface area contributed by atoms with Crippen molar-refractivity contribution in [2.45, 2.75) is 38.9 Å². The highest BCUT2D eigenvalue weighted by Gasteiger charge is 2.23. The van der Waals surface area contributed by atoms with Gasteiger partial charge >= 0.3 is 0 Å². The molecule has 124 valence electrons. The third-order valence-electron chi connectivity index (χ3n) is 4.18. The average Bonchev–Trinajstić information content (AvgIpc) is 2.92. The second-order valence-electron chi connectivity index (χ2n) is 5.75. The number of aryl methyl sites for hydroxylation is 2. The van der Waals surface area contributed by atoms with E-state index in [1.807, 2.05) is 25.4 Å². The van der Waals surface area contributed by atoms with Crippen molar-refractivity contribution >= 4 is 18.3 Å². The summed E-state index contributed by atoms with van der Waals surface area (Å²) >= 11 is 0. The molecule has 2 N–H and O–H groups in total. The third-order valence-corrected chi connectivity index (χ3v) is 4.18. The van der Waals surface area contributed by atoms with E-state index in [0.717, 1.165) is 30.6 Å². The summed E-state index contributed by atoms with van der Waals surface area (Å²) in [6.45, 7) is 3.37. The van der Waals surface area contributed by atoms with Gasteiger partial charge in [0.1, 0.15) is 0 Å². The first kappa shape index (κ1) is 17.5. The number of benzene rings is 1. The fourth-order valence-electron chi connectivity index (χ4n) is 2.97. The highest BCUT2D eigenvalue weighted by molar-refractivity contribution is 5.85. The SMILES string of the molecule is CCc1nn(C)cc1CNC(=O)C1Cc2ccccc2CN1.Cl. The van der Waals surface area contributed by atoms with Crippen LogP contribution in [0.2, 0.25) is 0 Å². The summed E-state index contributed by atoms with van der Waals surface area (Å²) in [6, 6.07) is 8.13. The van der Waals surface area contributed by atoms with Crippen LogP contribution in [0.15, 0.2) is 30.5 Å². The highest BCUT2D eigenvalue weighted by atomic mass is 35.5. The van der Waals surface area contributed by atoms with E-state index < -0.39 is 0 Å². The average molecular weight is 335 g/mol. The second kappa shape index (κ2) is 7.62. The topological polar surface area (TPSA) is 59.0 Å². The first-order valence-electron chi connectivity index (χ1n) is 7.76. The smallest absolute Gasteiger partial charge is 0.237 e. The number of carbonyl (C=O) groups is 1. The molecule has 23 heavy (non-hydrogen) atoms. The number of amides is 1. The molecule has 1 unspecified atom stereocenters. The Bertz CT molecular complexity index is 683. The first-order chi connectivity index (χ1) is 10.7. The van der Waals surface area contributed by atoms with E-state index in [4.69, 9.17) is 0 Å². The molecule has 0 saturated heterocycles. The van der Waals surface area contributed by atoms with Crippen LogP contribution in [-0.2, 0) is 37.8 Å². The molecular formula is C17H23ClN4O. The lowest BCUT2D eigenvalue weighted by molar-refractivity contribution is -0.123. The lowest BCUT2D eigenvalue weighted by Crippen LogP contribution is -2.47. The van der Waals surface area contributed by atoms with Crippen LogP contribution in [0.25, 0.3) is 0 Å². The van der Waals surface area contributed by atoms with Crippen molar-refractivity contribution in [3.63, 3.8) is 0 Å². The van der Waals surface area contributed by atoms with Crippen molar-refractivity contribution in [1.82, 2.24) is 20.4 Å². The van der Waals surface area contributed by atoms with Gasteiger partial charge in [-0.1, -0.05) is 31.2 Å². The highest BCUT2D eigenvalue weighted by Crippen LogP contribution is 2.16. The van der Waals surface area contributed by atoms with Gasteiger partial charge in [0.05, 0.1) is 11.7 Å². The van der Waals surface area contributed by atoms with E-state index in [1.54, 1.807) is 4.68 Å². The summed E-state index contributed by atoms with van der Waals surface area (Å²) in [5.74, 6) is 0.0559. The summed E-state index contributed by atoms with van der Waals surface area (Å²) < 4.78 is 1.80. The summed E-state index contributed by atoms with van der Waals surface area (Å²) in [5.41, 5.74) is 4.68. The second-order valence-corrected chi connectivity index (χ2v) is 5.75. The van der Waals surface area contributed by atoms with E-state index in [1.165, 1.54) is 11.1 Å². The molecule has 5 nitrogen and oxygen atoms in total. The summed E-state index contributed by atoms with van der Waals surface area (Å²) in [5, 5.41) is 10.7. The molecule has 1 aromatic heterocycles. The minimum absolute atomic E-state index is 0. The lowest BCUT2D eigenvalue weighted by atomic mass is 9.95. The molecule has 3 rings (SSSR count). The largest absolute Gasteiger partial charge is 0.351 e. The van der Waals surface area contributed by atoms with Crippen molar-refractivity contribution < 1.29 is 4.79 Å². The molecule has 0 radical (unpaired) electrons. The first-order valence-corrected chi connectivity index (χ1v) is 7.76. The molecule has 2 aromatic rings. The third kappa shape index (κ3) is 3.92. The molecule has 0 bridgehead atoms. The Balaban J connectivity index is 0.00000192. The number of fused-ring (bicyclic) bond motifs is 1. The zero-order chi connectivity index (χ0) is 15.5. The maximum absolute atomic E-state index is 12.4. The predicted molar refractivity (Wildman–Crippen MR) is 92.5 cm³/mol. The maximum Gasteiger partial charge on any atom is 0.237 e. The van der Waals surface area contributed by atoms with Gasteiger partial charge < -0.3 is 10.6 Å². The predicted octanol–water partition coefficient (Wildman–Crippen LogP) is 1.73. The Kier molecular flexibility index (Phi) is 5.80. The Morgan fingerprint density at radius 1 is 1.39 bits per heavy atom. The van der Waals surface area contributed by atoms with Gasteiger partial charge in [-0.2, -0.15) is 5.10 Å². The van der Waals surface area contributed by atoms with Crippen LogP contribution in [0.1, 0.15) is 29.3 Å². The molecule has 2 heterocycles. The quantitative estimate of drug-likeness (QED) is 0.895. The van der Waals surface area contributed by atoms with Crippen molar-refractivity contribution in [2.24, 2.45) is 7.05 Å². The zero-order valence-corrected chi connectivity index (χ0v) is 14.3. The van der Waals surface area contributed by atoms with Gasteiger partial charge in [0.2, 0.25) is 5.91 Å². The molecule has 0 aliphatic carbocycles. The maximum atomic E-state index is 12.4. The number of nitrogens with zero attached hydrogens (tertiary/aromatic N) is 2. The minimum atomic E-state index is -0.156. The number of rotatable bonds is 4. The van der Waals surface area contributed by atoms with E-state index in [2.05, 4.69) is 34.8 Å². The number of hydrogen-bond donors (Lipinski definition) is 2. The van der Waals surface area contributed by atoms with Crippen LogP contribution in [0, 0.1) is 0 Å². The van der Waals surface area contributed by atoms with Crippen LogP contribution >= 0.6 is 12.4 Å². The standard InChI is InChI=1S/C17H22N4O.ClH/c1-3-15-14(11-21(2)20-15)10-19-17(22)16-8-12-6-4-5-7-13(12)9-18-16;/h4-7,11,16,18H,3,8-10H2,1-2H3,(H,19,22);1H. The van der Waals surface area contributed by atoms with E-state index in [-0.39, 0.29) is 24.4 Å². The van der Waals surface area contributed by atoms with Gasteiger partial charge in [0.15, 0.2) is 0 Å². The van der Waals surface area contributed by atoms with Crippen molar-refractivity contribution in [3.8, 4) is 0 Å². The van der Waals surface area contributed by atoms with Gasteiger partial charge in [-0.05, 0) is 24.0 Å². The molecule has 0 spiro atoms. The van der Waals surface area contributed by atoms with Gasteiger partial charge in [-0.3, -0.25) is 9.48 Å². The summed E-state index contributed by atoms with van der Waals surface area (Å²) in [7, 11) is 1.91. The molecule has 1 atom stereocenters. The van der Waals surface area contributed by atoms with E-state index in [9.17, 15) is 4.79 Å². The number of hydrogen-bond acceptors (Lipinski definition) is 3. The Labute approximate surface area is 142 Å². The molecular weight excluding hydrogens is 312 g/mol. The molecule has 1 aliphatic rings. The lowest BCUT2D eigenvalue weighted by Gasteiger charge is -2.25. The fraction of sp³-hybridized carbons (Fsp3) is 0.412. The number of aromatic nitrogens is 2. The Hall–Kier alpha value is -1.85. The van der Waals surface area contributed by atoms with Gasteiger partial charge in [0, 0.05) is 31.9 Å². The number of carbonyl (C=O) groups excluding carboxylic acids is 1. The molecule has 1 aromatic carbocycles. The Morgan fingerprint density at radius 2 is 2.13 bits per heavy atom. The van der Waals surface area contributed by atoms with Crippen LogP contribution in [0.5, 0.6) is 0 Å². The summed E-state index contributed by atoms with van der Waals surface area (Å²) in [6.07, 6.45) is 3.60. The van der Waals surface area contributed by atoms with E-state index in [0.29, 0.717) is 6.54 Å². The summed E-state index contributed by atoms with van der Waals surface area (Å²) in [4.78, 5) is 12.4. The molecule has 6 heteroatoms. The van der Waals surface area contributed by atoms with Crippen molar-refractivity contribution in [3.05, 3.63) is 52.8 Å². The molecule has 0 fully saturated rings.